The minimum Gasteiger partial charge on any atom is -0.469 e. The molecule has 0 aliphatic carbocycles. The summed E-state index contributed by atoms with van der Waals surface area (Å²) in [6, 6.07) is 1.80. The second kappa shape index (κ2) is 2.64. The van der Waals surface area contributed by atoms with E-state index in [1.165, 1.54) is 0 Å². The first kappa shape index (κ1) is 7.36. The van der Waals surface area contributed by atoms with Crippen LogP contribution in [0.1, 0.15) is 5.76 Å². The topological polar surface area (TPSA) is 52.1 Å². The number of rotatable bonds is 1. The molecule has 0 spiro atoms. The van der Waals surface area contributed by atoms with Gasteiger partial charge in [0.2, 0.25) is 0 Å². The molecular formula is C7H5ClN2O2. The molecule has 0 fully saturated rings. The Kier molecular flexibility index (Phi) is 1.62. The zero-order valence-corrected chi connectivity index (χ0v) is 7.00. The van der Waals surface area contributed by atoms with Gasteiger partial charge in [-0.05, 0) is 24.6 Å². The molecule has 0 radical (unpaired) electrons. The first-order valence-electron chi connectivity index (χ1n) is 3.30. The summed E-state index contributed by atoms with van der Waals surface area (Å²) in [7, 11) is 0. The van der Waals surface area contributed by atoms with Gasteiger partial charge in [-0.2, -0.15) is 0 Å². The Balaban J connectivity index is 2.43. The van der Waals surface area contributed by atoms with Crippen LogP contribution in [0, 0.1) is 6.92 Å². The molecule has 0 amide bonds. The Bertz CT molecular complexity index is 355. The van der Waals surface area contributed by atoms with Crippen LogP contribution in [0.5, 0.6) is 0 Å². The number of nitrogens with zero attached hydrogens (tertiary/aromatic N) is 2. The van der Waals surface area contributed by atoms with Crippen molar-refractivity contribution >= 4 is 11.6 Å². The lowest BCUT2D eigenvalue weighted by atomic mass is 10.3. The minimum atomic E-state index is 0.0313. The summed E-state index contributed by atoms with van der Waals surface area (Å²) in [5.41, 5.74) is 0.743. The SMILES string of the molecule is Cc1cc(-c2nnc(Cl)o2)co1. The van der Waals surface area contributed by atoms with E-state index in [2.05, 4.69) is 10.2 Å². The molecule has 0 atom stereocenters. The number of hydrogen-bond acceptors (Lipinski definition) is 4. The van der Waals surface area contributed by atoms with Crippen molar-refractivity contribution in [2.24, 2.45) is 0 Å². The van der Waals surface area contributed by atoms with Crippen molar-refractivity contribution in [3.05, 3.63) is 23.4 Å². The summed E-state index contributed by atoms with van der Waals surface area (Å²) < 4.78 is 10.0. The van der Waals surface area contributed by atoms with Crippen LogP contribution in [0.15, 0.2) is 21.2 Å². The maximum atomic E-state index is 5.45. The van der Waals surface area contributed by atoms with Crippen molar-refractivity contribution < 1.29 is 8.83 Å². The van der Waals surface area contributed by atoms with Crippen LogP contribution in [0.4, 0.5) is 0 Å². The first-order chi connectivity index (χ1) is 5.75. The van der Waals surface area contributed by atoms with E-state index >= 15 is 0 Å². The smallest absolute Gasteiger partial charge is 0.313 e. The lowest BCUT2D eigenvalue weighted by molar-refractivity contribution is 0.531. The lowest BCUT2D eigenvalue weighted by Gasteiger charge is -1.81. The maximum absolute atomic E-state index is 5.45. The minimum absolute atomic E-state index is 0.0313. The molecule has 62 valence electrons. The van der Waals surface area contributed by atoms with Gasteiger partial charge in [-0.25, -0.2) is 0 Å². The quantitative estimate of drug-likeness (QED) is 0.682. The third-order valence-corrected chi connectivity index (χ3v) is 1.53. The summed E-state index contributed by atoms with van der Waals surface area (Å²) in [5.74, 6) is 1.16. The summed E-state index contributed by atoms with van der Waals surface area (Å²) in [6.45, 7) is 1.83. The van der Waals surface area contributed by atoms with Crippen LogP contribution in [0.2, 0.25) is 5.35 Å². The van der Waals surface area contributed by atoms with E-state index in [4.69, 9.17) is 20.4 Å². The van der Waals surface area contributed by atoms with Crippen molar-refractivity contribution in [1.82, 2.24) is 10.2 Å². The molecule has 0 bridgehead atoms. The van der Waals surface area contributed by atoms with Crippen LogP contribution in [0.3, 0.4) is 0 Å². The predicted molar refractivity (Wildman–Crippen MR) is 41.7 cm³/mol. The highest BCUT2D eigenvalue weighted by Gasteiger charge is 2.08. The highest BCUT2D eigenvalue weighted by Crippen LogP contribution is 2.21. The molecule has 4 nitrogen and oxygen atoms in total. The zero-order chi connectivity index (χ0) is 8.55. The van der Waals surface area contributed by atoms with Gasteiger partial charge in [0.05, 0.1) is 5.56 Å². The van der Waals surface area contributed by atoms with E-state index in [9.17, 15) is 0 Å². The number of aryl methyl sites for hydroxylation is 1. The largest absolute Gasteiger partial charge is 0.469 e. The third-order valence-electron chi connectivity index (χ3n) is 1.38. The van der Waals surface area contributed by atoms with E-state index in [-0.39, 0.29) is 5.35 Å². The molecule has 0 aliphatic heterocycles. The fraction of sp³-hybridized carbons (Fsp3) is 0.143. The Morgan fingerprint density at radius 2 is 2.25 bits per heavy atom. The molecule has 2 heterocycles. The van der Waals surface area contributed by atoms with Gasteiger partial charge in [0.15, 0.2) is 0 Å². The van der Waals surface area contributed by atoms with Crippen LogP contribution in [-0.4, -0.2) is 10.2 Å². The van der Waals surface area contributed by atoms with Gasteiger partial charge in [0.25, 0.3) is 5.89 Å². The molecule has 2 aromatic rings. The Morgan fingerprint density at radius 1 is 1.42 bits per heavy atom. The molecule has 12 heavy (non-hydrogen) atoms. The fourth-order valence-electron chi connectivity index (χ4n) is 0.878. The molecule has 0 saturated heterocycles. The molecule has 2 aromatic heterocycles. The van der Waals surface area contributed by atoms with Crippen LogP contribution < -0.4 is 0 Å². The number of aromatic nitrogens is 2. The summed E-state index contributed by atoms with van der Waals surface area (Å²) in [6.07, 6.45) is 1.54. The number of furan rings is 1. The second-order valence-electron chi connectivity index (χ2n) is 2.31. The normalized spacial score (nSPS) is 10.5. The van der Waals surface area contributed by atoms with Gasteiger partial charge in [0.1, 0.15) is 12.0 Å². The van der Waals surface area contributed by atoms with Crippen molar-refractivity contribution in [3.8, 4) is 11.5 Å². The standard InChI is InChI=1S/C7H5ClN2O2/c1-4-2-5(3-11-4)6-9-10-7(8)12-6/h2-3H,1H3. The van der Waals surface area contributed by atoms with Gasteiger partial charge in [-0.1, -0.05) is 5.10 Å². The van der Waals surface area contributed by atoms with E-state index in [0.29, 0.717) is 5.89 Å². The van der Waals surface area contributed by atoms with E-state index < -0.39 is 0 Å². The molecule has 0 aliphatic rings. The van der Waals surface area contributed by atoms with Gasteiger partial charge in [-0.15, -0.1) is 5.10 Å². The second-order valence-corrected chi connectivity index (χ2v) is 2.63. The Hall–Kier alpha value is -1.29. The summed E-state index contributed by atoms with van der Waals surface area (Å²) in [5, 5.41) is 7.23. The van der Waals surface area contributed by atoms with Crippen LogP contribution >= 0.6 is 11.6 Å². The molecule has 0 saturated carbocycles. The zero-order valence-electron chi connectivity index (χ0n) is 6.24. The molecule has 2 rings (SSSR count). The van der Waals surface area contributed by atoms with Crippen molar-refractivity contribution in [2.45, 2.75) is 6.92 Å². The first-order valence-corrected chi connectivity index (χ1v) is 3.68. The van der Waals surface area contributed by atoms with Crippen LogP contribution in [-0.2, 0) is 0 Å². The number of halogens is 1. The van der Waals surface area contributed by atoms with Crippen LogP contribution in [0.25, 0.3) is 11.5 Å². The van der Waals surface area contributed by atoms with E-state index in [1.54, 1.807) is 12.3 Å². The lowest BCUT2D eigenvalue weighted by Crippen LogP contribution is -1.71. The fourth-order valence-corrected chi connectivity index (χ4v) is 0.988. The average Bonchev–Trinajstić information content (AvgIpc) is 2.58. The van der Waals surface area contributed by atoms with Gasteiger partial charge in [0, 0.05) is 0 Å². The molecule has 5 heteroatoms. The van der Waals surface area contributed by atoms with Gasteiger partial charge >= 0.3 is 5.35 Å². The maximum Gasteiger partial charge on any atom is 0.313 e. The summed E-state index contributed by atoms with van der Waals surface area (Å²) >= 11 is 5.45. The molecule has 0 aromatic carbocycles. The van der Waals surface area contributed by atoms with E-state index in [1.807, 2.05) is 6.92 Å². The van der Waals surface area contributed by atoms with Crippen molar-refractivity contribution in [3.63, 3.8) is 0 Å². The van der Waals surface area contributed by atoms with Gasteiger partial charge < -0.3 is 8.83 Å². The molecule has 0 N–H and O–H groups in total. The van der Waals surface area contributed by atoms with E-state index in [0.717, 1.165) is 11.3 Å². The third kappa shape index (κ3) is 1.21. The van der Waals surface area contributed by atoms with Crippen molar-refractivity contribution in [1.29, 1.82) is 0 Å². The highest BCUT2D eigenvalue weighted by atomic mass is 35.5. The van der Waals surface area contributed by atoms with Crippen molar-refractivity contribution in [2.75, 3.05) is 0 Å². The highest BCUT2D eigenvalue weighted by molar-refractivity contribution is 6.27. The molecular weight excluding hydrogens is 180 g/mol. The van der Waals surface area contributed by atoms with Gasteiger partial charge in [-0.3, -0.25) is 0 Å². The Morgan fingerprint density at radius 3 is 2.75 bits per heavy atom. The monoisotopic (exact) mass is 184 g/mol. The predicted octanol–water partition coefficient (Wildman–Crippen LogP) is 2.29. The molecule has 0 unspecified atom stereocenters. The summed E-state index contributed by atoms with van der Waals surface area (Å²) in [4.78, 5) is 0. The number of hydrogen-bond donors (Lipinski definition) is 0. The average molecular weight is 185 g/mol. The Labute approximate surface area is 73.2 Å².